The Hall–Kier alpha value is -1.95. The number of halogens is 1. The third kappa shape index (κ3) is 7.17. The van der Waals surface area contributed by atoms with Gasteiger partial charge in [0.15, 0.2) is 0 Å². The molecule has 0 heterocycles. The zero-order valence-electron chi connectivity index (χ0n) is 13.1. The fourth-order valence-electron chi connectivity index (χ4n) is 1.96. The van der Waals surface area contributed by atoms with Gasteiger partial charge in [-0.3, -0.25) is 9.59 Å². The quantitative estimate of drug-likeness (QED) is 0.701. The van der Waals surface area contributed by atoms with Crippen LogP contribution in [0, 0.1) is 5.82 Å². The molecule has 0 radical (unpaired) electrons. The van der Waals surface area contributed by atoms with E-state index in [9.17, 15) is 14.0 Å². The number of nitrogens with one attached hydrogen (secondary N) is 1. The number of benzene rings is 1. The Kier molecular flexibility index (Phi) is 8.14. The summed E-state index contributed by atoms with van der Waals surface area (Å²) in [7, 11) is 1.57. The first-order chi connectivity index (χ1) is 10.5. The van der Waals surface area contributed by atoms with Crippen molar-refractivity contribution in [2.75, 3.05) is 33.4 Å². The zero-order valence-corrected chi connectivity index (χ0v) is 13.1. The standard InChI is InChI=1S/C16H23FN2O3/c1-13(20)19(11-8-16(21)18-9-12-22-2)10-7-14-3-5-15(17)6-4-14/h3-6H,7-12H2,1-2H3,(H,18,21). The number of hydrogen-bond acceptors (Lipinski definition) is 3. The number of nitrogens with zero attached hydrogens (tertiary/aromatic N) is 1. The second-order valence-electron chi connectivity index (χ2n) is 4.98. The smallest absolute Gasteiger partial charge is 0.221 e. The largest absolute Gasteiger partial charge is 0.383 e. The summed E-state index contributed by atoms with van der Waals surface area (Å²) >= 11 is 0. The minimum Gasteiger partial charge on any atom is -0.383 e. The summed E-state index contributed by atoms with van der Waals surface area (Å²) in [6, 6.07) is 6.20. The molecule has 1 aromatic rings. The predicted molar refractivity (Wildman–Crippen MR) is 81.9 cm³/mol. The lowest BCUT2D eigenvalue weighted by molar-refractivity contribution is -0.129. The van der Waals surface area contributed by atoms with Crippen LogP contribution in [0.15, 0.2) is 24.3 Å². The molecule has 0 bridgehead atoms. The molecule has 0 atom stereocenters. The number of rotatable bonds is 9. The van der Waals surface area contributed by atoms with Gasteiger partial charge in [0, 0.05) is 40.1 Å². The summed E-state index contributed by atoms with van der Waals surface area (Å²) in [4.78, 5) is 24.8. The molecule has 0 aliphatic carbocycles. The number of hydrogen-bond donors (Lipinski definition) is 1. The first-order valence-electron chi connectivity index (χ1n) is 7.28. The van der Waals surface area contributed by atoms with Gasteiger partial charge in [-0.05, 0) is 24.1 Å². The first kappa shape index (κ1) is 18.1. The van der Waals surface area contributed by atoms with Gasteiger partial charge in [0.2, 0.25) is 11.8 Å². The Morgan fingerprint density at radius 2 is 1.91 bits per heavy atom. The highest BCUT2D eigenvalue weighted by Crippen LogP contribution is 2.05. The molecule has 6 heteroatoms. The van der Waals surface area contributed by atoms with E-state index in [-0.39, 0.29) is 24.1 Å². The maximum Gasteiger partial charge on any atom is 0.221 e. The van der Waals surface area contributed by atoms with Crippen molar-refractivity contribution in [3.05, 3.63) is 35.6 Å². The van der Waals surface area contributed by atoms with Crippen LogP contribution in [0.3, 0.4) is 0 Å². The molecule has 0 aromatic heterocycles. The van der Waals surface area contributed by atoms with Gasteiger partial charge in [0.25, 0.3) is 0 Å². The molecule has 0 spiro atoms. The van der Waals surface area contributed by atoms with Crippen LogP contribution >= 0.6 is 0 Å². The third-order valence-corrected chi connectivity index (χ3v) is 3.27. The molecule has 1 aromatic carbocycles. The van der Waals surface area contributed by atoms with E-state index in [1.54, 1.807) is 24.1 Å². The molecule has 0 aliphatic rings. The van der Waals surface area contributed by atoms with E-state index in [4.69, 9.17) is 4.74 Å². The van der Waals surface area contributed by atoms with Gasteiger partial charge in [-0.15, -0.1) is 0 Å². The Labute approximate surface area is 130 Å². The van der Waals surface area contributed by atoms with Gasteiger partial charge in [-0.2, -0.15) is 0 Å². The fraction of sp³-hybridized carbons (Fsp3) is 0.500. The van der Waals surface area contributed by atoms with Crippen LogP contribution in [0.4, 0.5) is 4.39 Å². The maximum absolute atomic E-state index is 12.8. The molecular weight excluding hydrogens is 287 g/mol. The van der Waals surface area contributed by atoms with Crippen molar-refractivity contribution < 1.29 is 18.7 Å². The molecule has 0 fully saturated rings. The molecular formula is C16H23FN2O3. The van der Waals surface area contributed by atoms with E-state index in [0.717, 1.165) is 5.56 Å². The summed E-state index contributed by atoms with van der Waals surface area (Å²) in [6.07, 6.45) is 0.887. The predicted octanol–water partition coefficient (Wildman–Crippen LogP) is 1.37. The molecule has 22 heavy (non-hydrogen) atoms. The average molecular weight is 310 g/mol. The first-order valence-corrected chi connectivity index (χ1v) is 7.28. The second kappa shape index (κ2) is 9.89. The van der Waals surface area contributed by atoms with Crippen molar-refractivity contribution in [3.8, 4) is 0 Å². The molecule has 0 saturated heterocycles. The lowest BCUT2D eigenvalue weighted by atomic mass is 10.1. The van der Waals surface area contributed by atoms with Crippen LogP contribution < -0.4 is 5.32 Å². The van der Waals surface area contributed by atoms with E-state index in [0.29, 0.717) is 32.7 Å². The van der Waals surface area contributed by atoms with Crippen molar-refractivity contribution in [1.29, 1.82) is 0 Å². The van der Waals surface area contributed by atoms with Crippen LogP contribution in [-0.4, -0.2) is 50.1 Å². The summed E-state index contributed by atoms with van der Waals surface area (Å²) in [5, 5.41) is 2.71. The number of methoxy groups -OCH3 is 1. The van der Waals surface area contributed by atoms with Gasteiger partial charge in [-0.25, -0.2) is 4.39 Å². The van der Waals surface area contributed by atoms with E-state index in [1.165, 1.54) is 19.1 Å². The third-order valence-electron chi connectivity index (χ3n) is 3.27. The highest BCUT2D eigenvalue weighted by atomic mass is 19.1. The van der Waals surface area contributed by atoms with Crippen LogP contribution in [0.25, 0.3) is 0 Å². The van der Waals surface area contributed by atoms with Gasteiger partial charge in [0.05, 0.1) is 6.61 Å². The van der Waals surface area contributed by atoms with Crippen LogP contribution in [0.2, 0.25) is 0 Å². The normalized spacial score (nSPS) is 10.3. The Bertz CT molecular complexity index is 477. The molecule has 5 nitrogen and oxygen atoms in total. The Balaban J connectivity index is 2.37. The Morgan fingerprint density at radius 3 is 2.50 bits per heavy atom. The van der Waals surface area contributed by atoms with Crippen molar-refractivity contribution in [3.63, 3.8) is 0 Å². The summed E-state index contributed by atoms with van der Waals surface area (Å²) in [6.45, 7) is 3.28. The lowest BCUT2D eigenvalue weighted by Gasteiger charge is -2.20. The van der Waals surface area contributed by atoms with Crippen molar-refractivity contribution in [2.45, 2.75) is 19.8 Å². The van der Waals surface area contributed by atoms with E-state index < -0.39 is 0 Å². The molecule has 0 unspecified atom stereocenters. The molecule has 0 aliphatic heterocycles. The minimum atomic E-state index is -0.278. The second-order valence-corrected chi connectivity index (χ2v) is 4.98. The zero-order chi connectivity index (χ0) is 16.4. The summed E-state index contributed by atoms with van der Waals surface area (Å²) < 4.78 is 17.7. The number of carbonyl (C=O) groups excluding carboxylic acids is 2. The number of ether oxygens (including phenoxy) is 1. The van der Waals surface area contributed by atoms with E-state index in [1.807, 2.05) is 0 Å². The number of amides is 2. The van der Waals surface area contributed by atoms with Gasteiger partial charge in [-0.1, -0.05) is 12.1 Å². The van der Waals surface area contributed by atoms with Crippen LogP contribution in [0.5, 0.6) is 0 Å². The van der Waals surface area contributed by atoms with Crippen molar-refractivity contribution >= 4 is 11.8 Å². The average Bonchev–Trinajstić information content (AvgIpc) is 2.49. The van der Waals surface area contributed by atoms with Crippen LogP contribution in [0.1, 0.15) is 18.9 Å². The molecule has 1 rings (SSSR count). The number of carbonyl (C=O) groups is 2. The van der Waals surface area contributed by atoms with Gasteiger partial charge in [0.1, 0.15) is 5.82 Å². The van der Waals surface area contributed by atoms with Crippen molar-refractivity contribution in [1.82, 2.24) is 10.2 Å². The minimum absolute atomic E-state index is 0.0770. The maximum atomic E-state index is 12.8. The Morgan fingerprint density at radius 1 is 1.23 bits per heavy atom. The summed E-state index contributed by atoms with van der Waals surface area (Å²) in [5.41, 5.74) is 0.956. The van der Waals surface area contributed by atoms with E-state index in [2.05, 4.69) is 5.32 Å². The molecule has 2 amide bonds. The van der Waals surface area contributed by atoms with Crippen molar-refractivity contribution in [2.24, 2.45) is 0 Å². The molecule has 0 saturated carbocycles. The fourth-order valence-corrected chi connectivity index (χ4v) is 1.96. The van der Waals surface area contributed by atoms with Crippen LogP contribution in [-0.2, 0) is 20.7 Å². The molecule has 122 valence electrons. The topological polar surface area (TPSA) is 58.6 Å². The highest BCUT2D eigenvalue weighted by molar-refractivity contribution is 5.78. The van der Waals surface area contributed by atoms with Gasteiger partial charge < -0.3 is 15.0 Å². The monoisotopic (exact) mass is 310 g/mol. The molecule has 1 N–H and O–H groups in total. The lowest BCUT2D eigenvalue weighted by Crippen LogP contribution is -2.35. The highest BCUT2D eigenvalue weighted by Gasteiger charge is 2.11. The van der Waals surface area contributed by atoms with Gasteiger partial charge >= 0.3 is 0 Å². The van der Waals surface area contributed by atoms with E-state index >= 15 is 0 Å². The SMILES string of the molecule is COCCNC(=O)CCN(CCc1ccc(F)cc1)C(C)=O. The summed E-state index contributed by atoms with van der Waals surface area (Å²) in [5.74, 6) is -0.461.